The number of hydrogen-bond acceptors (Lipinski definition) is 2. The predicted octanol–water partition coefficient (Wildman–Crippen LogP) is 3.55. The van der Waals surface area contributed by atoms with Crippen molar-refractivity contribution in [2.24, 2.45) is 0 Å². The lowest BCUT2D eigenvalue weighted by Gasteiger charge is -2.21. The second-order valence-electron chi connectivity index (χ2n) is 3.71. The average molecular weight is 426 g/mol. The van der Waals surface area contributed by atoms with Crippen molar-refractivity contribution in [3.05, 3.63) is 31.8 Å². The van der Waals surface area contributed by atoms with Crippen LogP contribution in [0.3, 0.4) is 0 Å². The molecule has 3 nitrogen and oxygen atoms in total. The second-order valence-corrected chi connectivity index (χ2v) is 5.81. The molecular formula is C13H17BrINO2. The van der Waals surface area contributed by atoms with Gasteiger partial charge in [-0.3, -0.25) is 4.79 Å². The largest absolute Gasteiger partial charge is 0.380 e. The maximum absolute atomic E-state index is 12.4. The summed E-state index contributed by atoms with van der Waals surface area (Å²) in [6.45, 7) is 6.50. The molecule has 0 fully saturated rings. The molecule has 0 aliphatic heterocycles. The SMILES string of the molecule is CCOCCN(CC)C(=O)c1cc(I)ccc1Br. The molecule has 0 aliphatic rings. The number of carbonyl (C=O) groups is 1. The number of benzene rings is 1. The van der Waals surface area contributed by atoms with E-state index in [-0.39, 0.29) is 5.91 Å². The predicted molar refractivity (Wildman–Crippen MR) is 84.9 cm³/mol. The Balaban J connectivity index is 2.79. The molecule has 0 saturated carbocycles. The van der Waals surface area contributed by atoms with Crippen LogP contribution in [0, 0.1) is 3.57 Å². The zero-order valence-electron chi connectivity index (χ0n) is 10.6. The highest BCUT2D eigenvalue weighted by Gasteiger charge is 2.16. The van der Waals surface area contributed by atoms with E-state index in [0.717, 1.165) is 8.04 Å². The van der Waals surface area contributed by atoms with E-state index >= 15 is 0 Å². The highest BCUT2D eigenvalue weighted by atomic mass is 127. The van der Waals surface area contributed by atoms with Crippen molar-refractivity contribution in [3.8, 4) is 0 Å². The van der Waals surface area contributed by atoms with Gasteiger partial charge < -0.3 is 9.64 Å². The Hall–Kier alpha value is -0.140. The molecule has 0 bridgehead atoms. The second kappa shape index (κ2) is 8.12. The van der Waals surface area contributed by atoms with Crippen molar-refractivity contribution in [1.82, 2.24) is 4.90 Å². The fourth-order valence-electron chi connectivity index (χ4n) is 1.55. The number of halogens is 2. The first kappa shape index (κ1) is 15.9. The van der Waals surface area contributed by atoms with E-state index in [1.54, 1.807) is 4.90 Å². The van der Waals surface area contributed by atoms with Gasteiger partial charge in [-0.1, -0.05) is 0 Å². The standard InChI is InChI=1S/C13H17BrINO2/c1-3-16(7-8-18-4-2)13(17)11-9-10(15)5-6-12(11)14/h5-6,9H,3-4,7-8H2,1-2H3. The highest BCUT2D eigenvalue weighted by Crippen LogP contribution is 2.21. The maximum Gasteiger partial charge on any atom is 0.255 e. The molecule has 0 spiro atoms. The summed E-state index contributed by atoms with van der Waals surface area (Å²) >= 11 is 5.64. The molecule has 18 heavy (non-hydrogen) atoms. The van der Waals surface area contributed by atoms with E-state index in [4.69, 9.17) is 4.74 Å². The van der Waals surface area contributed by atoms with Gasteiger partial charge in [0.2, 0.25) is 0 Å². The van der Waals surface area contributed by atoms with E-state index in [2.05, 4.69) is 38.5 Å². The first-order valence-electron chi connectivity index (χ1n) is 5.92. The van der Waals surface area contributed by atoms with Gasteiger partial charge in [0.1, 0.15) is 0 Å². The van der Waals surface area contributed by atoms with Crippen LogP contribution in [0.2, 0.25) is 0 Å². The third-order valence-corrected chi connectivity index (χ3v) is 3.90. The highest BCUT2D eigenvalue weighted by molar-refractivity contribution is 14.1. The van der Waals surface area contributed by atoms with Gasteiger partial charge in [0.15, 0.2) is 0 Å². The fourth-order valence-corrected chi connectivity index (χ4v) is 2.46. The summed E-state index contributed by atoms with van der Waals surface area (Å²) < 4.78 is 7.19. The zero-order chi connectivity index (χ0) is 13.5. The first-order chi connectivity index (χ1) is 8.60. The molecule has 5 heteroatoms. The first-order valence-corrected chi connectivity index (χ1v) is 7.79. The number of carbonyl (C=O) groups excluding carboxylic acids is 1. The molecule has 0 aliphatic carbocycles. The van der Waals surface area contributed by atoms with Crippen LogP contribution in [0.4, 0.5) is 0 Å². The monoisotopic (exact) mass is 425 g/mol. The molecular weight excluding hydrogens is 409 g/mol. The molecule has 0 saturated heterocycles. The molecule has 100 valence electrons. The van der Waals surface area contributed by atoms with Crippen LogP contribution in [0.25, 0.3) is 0 Å². The van der Waals surface area contributed by atoms with E-state index in [1.807, 2.05) is 32.0 Å². The summed E-state index contributed by atoms with van der Waals surface area (Å²) in [6.07, 6.45) is 0. The molecule has 0 radical (unpaired) electrons. The number of ether oxygens (including phenoxy) is 1. The lowest BCUT2D eigenvalue weighted by molar-refractivity contribution is 0.0668. The number of hydrogen-bond donors (Lipinski definition) is 0. The third-order valence-electron chi connectivity index (χ3n) is 2.54. The summed E-state index contributed by atoms with van der Waals surface area (Å²) in [4.78, 5) is 14.2. The Bertz CT molecular complexity index is 412. The topological polar surface area (TPSA) is 29.5 Å². The number of amides is 1. The van der Waals surface area contributed by atoms with Gasteiger partial charge in [-0.15, -0.1) is 0 Å². The van der Waals surface area contributed by atoms with Crippen LogP contribution in [0.15, 0.2) is 22.7 Å². The minimum atomic E-state index is 0.0441. The van der Waals surface area contributed by atoms with Crippen LogP contribution in [-0.4, -0.2) is 37.1 Å². The van der Waals surface area contributed by atoms with E-state index in [9.17, 15) is 4.79 Å². The molecule has 0 heterocycles. The summed E-state index contributed by atoms with van der Waals surface area (Å²) in [5, 5.41) is 0. The smallest absolute Gasteiger partial charge is 0.255 e. The maximum atomic E-state index is 12.4. The lowest BCUT2D eigenvalue weighted by atomic mass is 10.2. The molecule has 0 atom stereocenters. The summed E-state index contributed by atoms with van der Waals surface area (Å²) in [5.41, 5.74) is 0.709. The van der Waals surface area contributed by atoms with Gasteiger partial charge in [-0.05, 0) is 70.6 Å². The molecule has 1 amide bonds. The van der Waals surface area contributed by atoms with E-state index in [1.165, 1.54) is 0 Å². The Labute approximate surface area is 130 Å². The van der Waals surface area contributed by atoms with Gasteiger partial charge in [0.05, 0.1) is 12.2 Å². The Morgan fingerprint density at radius 2 is 2.17 bits per heavy atom. The fraction of sp³-hybridized carbons (Fsp3) is 0.462. The van der Waals surface area contributed by atoms with Gasteiger partial charge in [-0.25, -0.2) is 0 Å². The number of nitrogens with zero attached hydrogens (tertiary/aromatic N) is 1. The van der Waals surface area contributed by atoms with Crippen LogP contribution in [-0.2, 0) is 4.74 Å². The quantitative estimate of drug-likeness (QED) is 0.515. The average Bonchev–Trinajstić information content (AvgIpc) is 2.37. The lowest BCUT2D eigenvalue weighted by Crippen LogP contribution is -2.34. The van der Waals surface area contributed by atoms with Crippen LogP contribution >= 0.6 is 38.5 Å². The van der Waals surface area contributed by atoms with E-state index in [0.29, 0.717) is 31.9 Å². The normalized spacial score (nSPS) is 10.4. The zero-order valence-corrected chi connectivity index (χ0v) is 14.3. The molecule has 0 aromatic heterocycles. The van der Waals surface area contributed by atoms with E-state index < -0.39 is 0 Å². The van der Waals surface area contributed by atoms with Gasteiger partial charge >= 0.3 is 0 Å². The number of rotatable bonds is 6. The Morgan fingerprint density at radius 3 is 2.78 bits per heavy atom. The van der Waals surface area contributed by atoms with Crippen molar-refractivity contribution in [3.63, 3.8) is 0 Å². The molecule has 1 rings (SSSR count). The van der Waals surface area contributed by atoms with Gasteiger partial charge in [0, 0.05) is 27.7 Å². The van der Waals surface area contributed by atoms with Crippen molar-refractivity contribution in [2.75, 3.05) is 26.3 Å². The molecule has 0 unspecified atom stereocenters. The number of likely N-dealkylation sites (N-methyl/N-ethyl adjacent to an activating group) is 1. The van der Waals surface area contributed by atoms with Gasteiger partial charge in [0.25, 0.3) is 5.91 Å². The van der Waals surface area contributed by atoms with Crippen molar-refractivity contribution in [2.45, 2.75) is 13.8 Å². The minimum absolute atomic E-state index is 0.0441. The van der Waals surface area contributed by atoms with Crippen LogP contribution in [0.5, 0.6) is 0 Å². The summed E-state index contributed by atoms with van der Waals surface area (Å²) in [6, 6.07) is 5.78. The summed E-state index contributed by atoms with van der Waals surface area (Å²) in [7, 11) is 0. The Morgan fingerprint density at radius 1 is 1.44 bits per heavy atom. The van der Waals surface area contributed by atoms with Crippen LogP contribution in [0.1, 0.15) is 24.2 Å². The third kappa shape index (κ3) is 4.51. The minimum Gasteiger partial charge on any atom is -0.380 e. The van der Waals surface area contributed by atoms with Gasteiger partial charge in [-0.2, -0.15) is 0 Å². The summed E-state index contributed by atoms with van der Waals surface area (Å²) in [5.74, 6) is 0.0441. The Kier molecular flexibility index (Phi) is 7.18. The van der Waals surface area contributed by atoms with Crippen LogP contribution < -0.4 is 0 Å². The molecule has 0 N–H and O–H groups in total. The van der Waals surface area contributed by atoms with Crippen molar-refractivity contribution in [1.29, 1.82) is 0 Å². The van der Waals surface area contributed by atoms with Crippen molar-refractivity contribution >= 4 is 44.4 Å². The molecule has 1 aromatic carbocycles. The molecule has 1 aromatic rings. The van der Waals surface area contributed by atoms with Crippen molar-refractivity contribution < 1.29 is 9.53 Å².